The van der Waals surface area contributed by atoms with E-state index in [1.54, 1.807) is 28.8 Å². The van der Waals surface area contributed by atoms with Crippen LogP contribution in [0.4, 0.5) is 11.6 Å². The minimum Gasteiger partial charge on any atom is -0.388 e. The van der Waals surface area contributed by atoms with Crippen LogP contribution in [0.2, 0.25) is 0 Å². The number of aliphatic hydroxyl groups excluding tert-OH is 1. The quantitative estimate of drug-likeness (QED) is 0.471. The number of rotatable bonds is 7. The first kappa shape index (κ1) is 18.8. The number of pyridine rings is 1. The molecular formula is C21H22N6O2. The van der Waals surface area contributed by atoms with E-state index in [0.717, 1.165) is 29.0 Å². The van der Waals surface area contributed by atoms with Crippen molar-refractivity contribution < 1.29 is 9.90 Å². The number of ketones is 1. The van der Waals surface area contributed by atoms with Crippen molar-refractivity contribution in [1.82, 2.24) is 24.4 Å². The molecule has 0 unspecified atom stereocenters. The molecule has 0 aliphatic heterocycles. The van der Waals surface area contributed by atoms with E-state index in [4.69, 9.17) is 5.11 Å². The molecule has 148 valence electrons. The van der Waals surface area contributed by atoms with Crippen molar-refractivity contribution in [3.63, 3.8) is 0 Å². The van der Waals surface area contributed by atoms with Crippen LogP contribution in [-0.4, -0.2) is 41.9 Å². The van der Waals surface area contributed by atoms with E-state index in [1.165, 1.54) is 0 Å². The maximum absolute atomic E-state index is 11.5. The zero-order valence-corrected chi connectivity index (χ0v) is 16.3. The summed E-state index contributed by atoms with van der Waals surface area (Å²) in [5.74, 6) is 0.653. The molecule has 0 aliphatic carbocycles. The standard InChI is InChI=1S/C21H22N6O2/c1-14(2)11-26-12-16(10-22-26)18-4-3-9-27-20(18)24-21(25-27)23-17-7-5-15(6-8-17)19(29)13-28/h3-10,12,14,28H,11,13H2,1-2H3,(H,23,25). The van der Waals surface area contributed by atoms with Gasteiger partial charge in [-0.1, -0.05) is 13.8 Å². The van der Waals surface area contributed by atoms with Crippen LogP contribution in [0.1, 0.15) is 24.2 Å². The second kappa shape index (κ2) is 7.84. The Kier molecular flexibility index (Phi) is 5.09. The summed E-state index contributed by atoms with van der Waals surface area (Å²) in [4.78, 5) is 16.2. The van der Waals surface area contributed by atoms with Crippen molar-refractivity contribution in [1.29, 1.82) is 0 Å². The maximum atomic E-state index is 11.5. The number of anilines is 2. The van der Waals surface area contributed by atoms with Crippen molar-refractivity contribution in [2.45, 2.75) is 20.4 Å². The van der Waals surface area contributed by atoms with Crippen LogP contribution in [0.5, 0.6) is 0 Å². The molecule has 0 fully saturated rings. The van der Waals surface area contributed by atoms with Crippen LogP contribution in [0, 0.1) is 5.92 Å². The zero-order chi connectivity index (χ0) is 20.4. The molecular weight excluding hydrogens is 368 g/mol. The van der Waals surface area contributed by atoms with Gasteiger partial charge < -0.3 is 10.4 Å². The van der Waals surface area contributed by atoms with E-state index in [0.29, 0.717) is 17.4 Å². The fourth-order valence-electron chi connectivity index (χ4n) is 3.12. The fourth-order valence-corrected chi connectivity index (χ4v) is 3.12. The van der Waals surface area contributed by atoms with Gasteiger partial charge >= 0.3 is 0 Å². The smallest absolute Gasteiger partial charge is 0.247 e. The highest BCUT2D eigenvalue weighted by Crippen LogP contribution is 2.25. The summed E-state index contributed by atoms with van der Waals surface area (Å²) in [5.41, 5.74) is 3.88. The Hall–Kier alpha value is -3.52. The number of aliphatic hydroxyl groups is 1. The average molecular weight is 390 g/mol. The zero-order valence-electron chi connectivity index (χ0n) is 16.3. The maximum Gasteiger partial charge on any atom is 0.247 e. The van der Waals surface area contributed by atoms with Gasteiger partial charge in [-0.15, -0.1) is 5.10 Å². The minimum absolute atomic E-state index is 0.315. The Labute approximate surface area is 167 Å². The number of nitrogens with zero attached hydrogens (tertiary/aromatic N) is 5. The van der Waals surface area contributed by atoms with E-state index < -0.39 is 6.61 Å². The van der Waals surface area contributed by atoms with Gasteiger partial charge in [0.25, 0.3) is 0 Å². The van der Waals surface area contributed by atoms with Crippen LogP contribution in [-0.2, 0) is 6.54 Å². The molecule has 8 nitrogen and oxygen atoms in total. The third kappa shape index (κ3) is 4.02. The highest BCUT2D eigenvalue weighted by molar-refractivity contribution is 5.97. The van der Waals surface area contributed by atoms with E-state index in [-0.39, 0.29) is 5.78 Å². The molecule has 4 aromatic rings. The number of nitrogens with one attached hydrogen (secondary N) is 1. The monoisotopic (exact) mass is 390 g/mol. The fraction of sp³-hybridized carbons (Fsp3) is 0.238. The Morgan fingerprint density at radius 1 is 1.21 bits per heavy atom. The highest BCUT2D eigenvalue weighted by atomic mass is 16.3. The summed E-state index contributed by atoms with van der Waals surface area (Å²) < 4.78 is 3.66. The van der Waals surface area contributed by atoms with Crippen molar-refractivity contribution in [2.75, 3.05) is 11.9 Å². The normalized spacial score (nSPS) is 11.3. The molecule has 0 saturated carbocycles. The number of fused-ring (bicyclic) bond motifs is 1. The van der Waals surface area contributed by atoms with Crippen molar-refractivity contribution in [3.8, 4) is 11.1 Å². The van der Waals surface area contributed by atoms with Crippen LogP contribution < -0.4 is 5.32 Å². The molecule has 1 aromatic carbocycles. The van der Waals surface area contributed by atoms with Crippen molar-refractivity contribution in [2.24, 2.45) is 5.92 Å². The number of Topliss-reactive ketones (excluding diaryl/α,β-unsaturated/α-hetero) is 1. The molecule has 0 spiro atoms. The summed E-state index contributed by atoms with van der Waals surface area (Å²) in [5, 5.41) is 21.0. The number of hydrogen-bond acceptors (Lipinski definition) is 6. The minimum atomic E-state index is -0.503. The number of aromatic nitrogens is 5. The van der Waals surface area contributed by atoms with Gasteiger partial charge in [0, 0.05) is 41.3 Å². The van der Waals surface area contributed by atoms with Gasteiger partial charge in [-0.05, 0) is 42.3 Å². The third-order valence-corrected chi connectivity index (χ3v) is 4.47. The topological polar surface area (TPSA) is 97.3 Å². The lowest BCUT2D eigenvalue weighted by Gasteiger charge is -2.03. The molecule has 0 saturated heterocycles. The molecule has 29 heavy (non-hydrogen) atoms. The average Bonchev–Trinajstić information content (AvgIpc) is 3.33. The molecule has 0 amide bonds. The molecule has 3 heterocycles. The van der Waals surface area contributed by atoms with E-state index in [9.17, 15) is 4.79 Å². The highest BCUT2D eigenvalue weighted by Gasteiger charge is 2.12. The Balaban J connectivity index is 1.61. The Morgan fingerprint density at radius 3 is 2.72 bits per heavy atom. The first-order chi connectivity index (χ1) is 14.0. The summed E-state index contributed by atoms with van der Waals surface area (Å²) >= 11 is 0. The summed E-state index contributed by atoms with van der Waals surface area (Å²) in [6.07, 6.45) is 5.71. The molecule has 8 heteroatoms. The van der Waals surface area contributed by atoms with E-state index in [2.05, 4.69) is 34.3 Å². The number of carbonyl (C=O) groups is 1. The molecule has 0 atom stereocenters. The Bertz CT molecular complexity index is 1140. The van der Waals surface area contributed by atoms with Gasteiger partial charge in [-0.25, -0.2) is 4.52 Å². The van der Waals surface area contributed by atoms with E-state index in [1.807, 2.05) is 35.4 Å². The van der Waals surface area contributed by atoms with E-state index >= 15 is 0 Å². The van der Waals surface area contributed by atoms with Gasteiger partial charge in [-0.2, -0.15) is 10.1 Å². The van der Waals surface area contributed by atoms with Crippen LogP contribution in [0.25, 0.3) is 16.8 Å². The number of hydrogen-bond donors (Lipinski definition) is 2. The number of carbonyl (C=O) groups excluding carboxylic acids is 1. The molecule has 0 radical (unpaired) electrons. The largest absolute Gasteiger partial charge is 0.388 e. The van der Waals surface area contributed by atoms with Crippen LogP contribution in [0.3, 0.4) is 0 Å². The van der Waals surface area contributed by atoms with Gasteiger partial charge in [0.05, 0.1) is 6.20 Å². The van der Waals surface area contributed by atoms with Gasteiger partial charge in [0.1, 0.15) is 6.61 Å². The molecule has 4 rings (SSSR count). The van der Waals surface area contributed by atoms with Crippen molar-refractivity contribution in [3.05, 3.63) is 60.6 Å². The van der Waals surface area contributed by atoms with Crippen LogP contribution >= 0.6 is 0 Å². The first-order valence-corrected chi connectivity index (χ1v) is 9.43. The summed E-state index contributed by atoms with van der Waals surface area (Å²) in [6, 6.07) is 10.8. The van der Waals surface area contributed by atoms with Gasteiger partial charge in [0.2, 0.25) is 5.95 Å². The number of benzene rings is 1. The predicted molar refractivity (Wildman–Crippen MR) is 110 cm³/mol. The lowest BCUT2D eigenvalue weighted by molar-refractivity contribution is 0.0904. The SMILES string of the molecule is CC(C)Cn1cc(-c2cccn3nc(Nc4ccc(C(=O)CO)cc4)nc23)cn1. The molecule has 2 N–H and O–H groups in total. The Morgan fingerprint density at radius 2 is 2.00 bits per heavy atom. The summed E-state index contributed by atoms with van der Waals surface area (Å²) in [7, 11) is 0. The van der Waals surface area contributed by atoms with Crippen molar-refractivity contribution >= 4 is 23.1 Å². The van der Waals surface area contributed by atoms with Crippen LogP contribution in [0.15, 0.2) is 55.0 Å². The second-order valence-electron chi connectivity index (χ2n) is 7.25. The van der Waals surface area contributed by atoms with Gasteiger partial charge in [-0.3, -0.25) is 9.48 Å². The molecule has 0 bridgehead atoms. The molecule has 3 aromatic heterocycles. The third-order valence-electron chi connectivity index (χ3n) is 4.47. The lowest BCUT2D eigenvalue weighted by atomic mass is 10.1. The molecule has 0 aliphatic rings. The lowest BCUT2D eigenvalue weighted by Crippen LogP contribution is -2.04. The van der Waals surface area contributed by atoms with Gasteiger partial charge in [0.15, 0.2) is 11.4 Å². The second-order valence-corrected chi connectivity index (χ2v) is 7.25. The predicted octanol–water partition coefficient (Wildman–Crippen LogP) is 3.17. The first-order valence-electron chi connectivity index (χ1n) is 9.43. The summed E-state index contributed by atoms with van der Waals surface area (Å²) in [6.45, 7) is 4.67.